The summed E-state index contributed by atoms with van der Waals surface area (Å²) in [5.41, 5.74) is 0. The fourth-order valence-electron chi connectivity index (χ4n) is 1.13. The second-order valence-electron chi connectivity index (χ2n) is 3.41. The molecule has 2 N–H and O–H groups in total. The predicted molar refractivity (Wildman–Crippen MR) is 63.6 cm³/mol. The van der Waals surface area contributed by atoms with Crippen LogP contribution in [0.4, 0.5) is 10.6 Å². The van der Waals surface area contributed by atoms with Crippen LogP contribution in [0.3, 0.4) is 0 Å². The van der Waals surface area contributed by atoms with Gasteiger partial charge in [-0.15, -0.1) is 0 Å². The maximum absolute atomic E-state index is 11.5. The molecule has 9 nitrogen and oxygen atoms in total. The minimum absolute atomic E-state index is 0.146. The molecule has 1 heterocycles. The van der Waals surface area contributed by atoms with Crippen molar-refractivity contribution in [3.63, 3.8) is 0 Å². The summed E-state index contributed by atoms with van der Waals surface area (Å²) in [6.45, 7) is 1.36. The van der Waals surface area contributed by atoms with Crippen molar-refractivity contribution in [1.82, 2.24) is 15.6 Å². The Hall–Kier alpha value is -2.71. The van der Waals surface area contributed by atoms with Crippen molar-refractivity contribution in [1.29, 1.82) is 0 Å². The topological polar surface area (TPSA) is 123 Å². The third-order valence-corrected chi connectivity index (χ3v) is 2.06. The molecule has 9 heteroatoms. The molecule has 0 aliphatic rings. The van der Waals surface area contributed by atoms with E-state index in [2.05, 4.69) is 10.3 Å². The van der Waals surface area contributed by atoms with Crippen molar-refractivity contribution in [2.75, 3.05) is 7.05 Å². The summed E-state index contributed by atoms with van der Waals surface area (Å²) in [4.78, 5) is 36.0. The highest BCUT2D eigenvalue weighted by molar-refractivity contribution is 5.96. The summed E-state index contributed by atoms with van der Waals surface area (Å²) < 4.78 is 5.12. The van der Waals surface area contributed by atoms with Gasteiger partial charge in [0.2, 0.25) is 5.75 Å². The number of amides is 3. The molecule has 0 saturated heterocycles. The molecule has 0 spiro atoms. The molecular weight excluding hydrogens is 256 g/mol. The highest BCUT2D eigenvalue weighted by Gasteiger charge is 2.22. The Morgan fingerprint density at radius 3 is 2.79 bits per heavy atom. The number of carbonyl (C=O) groups excluding carboxylic acids is 2. The number of hydrogen-bond donors (Lipinski definition) is 2. The maximum atomic E-state index is 11.5. The van der Waals surface area contributed by atoms with Crippen LogP contribution >= 0.6 is 0 Å². The molecule has 0 radical (unpaired) electrons. The van der Waals surface area contributed by atoms with E-state index in [0.29, 0.717) is 0 Å². The molecule has 0 fully saturated rings. The molecule has 1 atom stereocenters. The van der Waals surface area contributed by atoms with E-state index in [4.69, 9.17) is 4.74 Å². The number of pyridine rings is 1. The Morgan fingerprint density at radius 1 is 1.53 bits per heavy atom. The van der Waals surface area contributed by atoms with Crippen LogP contribution in [-0.4, -0.2) is 35.0 Å². The Bertz CT molecular complexity index is 504. The number of nitrogens with one attached hydrogen (secondary N) is 2. The molecule has 0 saturated carbocycles. The van der Waals surface area contributed by atoms with E-state index in [-0.39, 0.29) is 5.75 Å². The number of imide groups is 1. The zero-order valence-electron chi connectivity index (χ0n) is 10.2. The third-order valence-electron chi connectivity index (χ3n) is 2.06. The lowest BCUT2D eigenvalue weighted by atomic mass is 10.3. The summed E-state index contributed by atoms with van der Waals surface area (Å²) in [5.74, 6) is -1.37. The van der Waals surface area contributed by atoms with Crippen LogP contribution in [0.15, 0.2) is 18.3 Å². The van der Waals surface area contributed by atoms with Gasteiger partial charge in [-0.2, -0.15) is 0 Å². The van der Waals surface area contributed by atoms with Crippen molar-refractivity contribution in [2.45, 2.75) is 13.0 Å². The number of nitro groups is 1. The molecule has 1 aromatic rings. The van der Waals surface area contributed by atoms with Crippen LogP contribution in [0.25, 0.3) is 0 Å². The Balaban J connectivity index is 2.77. The van der Waals surface area contributed by atoms with Crippen LogP contribution < -0.4 is 15.4 Å². The SMILES string of the molecule is CNC(=O)NC(=O)C(C)Oc1cccnc1[N+](=O)[O-]. The van der Waals surface area contributed by atoms with Crippen LogP contribution in [0.1, 0.15) is 6.92 Å². The number of nitrogens with zero attached hydrogens (tertiary/aromatic N) is 2. The number of carbonyl (C=O) groups is 2. The summed E-state index contributed by atoms with van der Waals surface area (Å²) >= 11 is 0. The summed E-state index contributed by atoms with van der Waals surface area (Å²) in [6, 6.07) is 2.06. The summed E-state index contributed by atoms with van der Waals surface area (Å²) in [6.07, 6.45) is 0.153. The van der Waals surface area contributed by atoms with E-state index in [1.165, 1.54) is 32.3 Å². The number of hydrogen-bond acceptors (Lipinski definition) is 6. The van der Waals surface area contributed by atoms with Crippen molar-refractivity contribution in [3.8, 4) is 5.75 Å². The molecular formula is C10H12N4O5. The van der Waals surface area contributed by atoms with Crippen molar-refractivity contribution in [3.05, 3.63) is 28.4 Å². The van der Waals surface area contributed by atoms with Crippen LogP contribution in [-0.2, 0) is 4.79 Å². The zero-order chi connectivity index (χ0) is 14.4. The molecule has 19 heavy (non-hydrogen) atoms. The second kappa shape index (κ2) is 6.28. The number of rotatable bonds is 4. The Labute approximate surface area is 108 Å². The molecule has 0 aliphatic heterocycles. The first-order valence-corrected chi connectivity index (χ1v) is 5.24. The lowest BCUT2D eigenvalue weighted by molar-refractivity contribution is -0.390. The van der Waals surface area contributed by atoms with Gasteiger partial charge in [0.25, 0.3) is 5.91 Å². The minimum atomic E-state index is -1.08. The monoisotopic (exact) mass is 268 g/mol. The van der Waals surface area contributed by atoms with E-state index in [1.807, 2.05) is 5.32 Å². The van der Waals surface area contributed by atoms with Gasteiger partial charge in [-0.05, 0) is 29.0 Å². The summed E-state index contributed by atoms with van der Waals surface area (Å²) in [7, 11) is 1.35. The molecule has 0 bridgehead atoms. The van der Waals surface area contributed by atoms with Crippen LogP contribution in [0.2, 0.25) is 0 Å². The van der Waals surface area contributed by atoms with Crippen molar-refractivity contribution >= 4 is 17.8 Å². The standard InChI is InChI=1S/C10H12N4O5/c1-6(9(15)13-10(16)11-2)19-7-4-3-5-12-8(7)14(17)18/h3-6H,1-2H3,(H2,11,13,15,16). The first-order chi connectivity index (χ1) is 8.95. The fraction of sp³-hybridized carbons (Fsp3) is 0.300. The predicted octanol–water partition coefficient (Wildman–Crippen LogP) is 0.213. The van der Waals surface area contributed by atoms with Gasteiger partial charge in [0.05, 0.1) is 0 Å². The normalized spacial score (nSPS) is 11.3. The van der Waals surface area contributed by atoms with Gasteiger partial charge < -0.3 is 20.2 Å². The molecule has 0 aliphatic carbocycles. The smallest absolute Gasteiger partial charge is 0.406 e. The van der Waals surface area contributed by atoms with Crippen molar-refractivity contribution in [2.24, 2.45) is 0 Å². The Morgan fingerprint density at radius 2 is 2.21 bits per heavy atom. The van der Waals surface area contributed by atoms with E-state index in [9.17, 15) is 19.7 Å². The quantitative estimate of drug-likeness (QED) is 0.594. The van der Waals surface area contributed by atoms with Crippen LogP contribution in [0.5, 0.6) is 5.75 Å². The van der Waals surface area contributed by atoms with Gasteiger partial charge >= 0.3 is 11.8 Å². The van der Waals surface area contributed by atoms with Gasteiger partial charge in [0.1, 0.15) is 6.20 Å². The van der Waals surface area contributed by atoms with Crippen molar-refractivity contribution < 1.29 is 19.2 Å². The van der Waals surface area contributed by atoms with E-state index in [0.717, 1.165) is 0 Å². The van der Waals surface area contributed by atoms with Gasteiger partial charge in [0.15, 0.2) is 6.10 Å². The Kier molecular flexibility index (Phi) is 4.75. The molecule has 3 amide bonds. The lowest BCUT2D eigenvalue weighted by Gasteiger charge is -2.13. The van der Waals surface area contributed by atoms with Gasteiger partial charge in [-0.3, -0.25) is 10.1 Å². The highest BCUT2D eigenvalue weighted by atomic mass is 16.6. The number of urea groups is 1. The summed E-state index contributed by atoms with van der Waals surface area (Å²) in [5, 5.41) is 14.9. The molecule has 0 aromatic carbocycles. The average molecular weight is 268 g/mol. The number of aromatic nitrogens is 1. The maximum Gasteiger partial charge on any atom is 0.406 e. The van der Waals surface area contributed by atoms with Gasteiger partial charge in [-0.25, -0.2) is 4.79 Å². The minimum Gasteiger partial charge on any atom is -0.473 e. The average Bonchev–Trinajstić information content (AvgIpc) is 2.38. The van der Waals surface area contributed by atoms with Gasteiger partial charge in [-0.1, -0.05) is 0 Å². The van der Waals surface area contributed by atoms with E-state index in [1.54, 1.807) is 0 Å². The molecule has 1 rings (SSSR count). The lowest BCUT2D eigenvalue weighted by Crippen LogP contribution is -2.44. The molecule has 1 aromatic heterocycles. The first-order valence-electron chi connectivity index (χ1n) is 5.24. The van der Waals surface area contributed by atoms with E-state index >= 15 is 0 Å². The zero-order valence-corrected chi connectivity index (χ0v) is 10.2. The number of ether oxygens (including phenoxy) is 1. The largest absolute Gasteiger partial charge is 0.473 e. The third kappa shape index (κ3) is 3.91. The fourth-order valence-corrected chi connectivity index (χ4v) is 1.13. The molecule has 1 unspecified atom stereocenters. The first kappa shape index (κ1) is 14.4. The molecule has 102 valence electrons. The highest BCUT2D eigenvalue weighted by Crippen LogP contribution is 2.23. The van der Waals surface area contributed by atoms with E-state index < -0.39 is 28.8 Å². The van der Waals surface area contributed by atoms with Gasteiger partial charge in [0, 0.05) is 7.05 Å². The second-order valence-corrected chi connectivity index (χ2v) is 3.41. The van der Waals surface area contributed by atoms with Crippen LogP contribution in [0, 0.1) is 10.1 Å².